The molecule has 0 radical (unpaired) electrons. The quantitative estimate of drug-likeness (QED) is 0.451. The zero-order chi connectivity index (χ0) is 21.3. The second kappa shape index (κ2) is 8.32. The van der Waals surface area contributed by atoms with Crippen molar-refractivity contribution in [3.05, 3.63) is 86.4 Å². The van der Waals surface area contributed by atoms with Crippen LogP contribution in [0.25, 0.3) is 16.9 Å². The number of rotatable bonds is 5. The molecule has 0 unspecified atom stereocenters. The smallest absolute Gasteiger partial charge is 0.297 e. The van der Waals surface area contributed by atoms with Crippen LogP contribution < -0.4 is 10.4 Å². The van der Waals surface area contributed by atoms with Gasteiger partial charge in [-0.05, 0) is 38.0 Å². The van der Waals surface area contributed by atoms with Gasteiger partial charge in [0.2, 0.25) is 0 Å². The Balaban J connectivity index is 1.89. The second-order valence-corrected chi connectivity index (χ2v) is 8.28. The summed E-state index contributed by atoms with van der Waals surface area (Å²) in [6, 6.07) is 18.2. The van der Waals surface area contributed by atoms with Gasteiger partial charge in [-0.15, -0.1) is 11.3 Å². The van der Waals surface area contributed by atoms with Gasteiger partial charge < -0.3 is 4.57 Å². The van der Waals surface area contributed by atoms with Crippen molar-refractivity contribution in [3.8, 4) is 16.9 Å². The highest BCUT2D eigenvalue weighted by atomic mass is 32.1. The van der Waals surface area contributed by atoms with E-state index in [-0.39, 0.29) is 5.56 Å². The molecule has 0 saturated carbocycles. The molecule has 2 aromatic carbocycles. The maximum Gasteiger partial charge on any atom is 0.297 e. The van der Waals surface area contributed by atoms with Crippen LogP contribution in [0.2, 0.25) is 0 Å². The summed E-state index contributed by atoms with van der Waals surface area (Å²) in [6.07, 6.45) is 0.991. The van der Waals surface area contributed by atoms with Crippen LogP contribution >= 0.6 is 11.3 Å². The van der Waals surface area contributed by atoms with E-state index in [1.54, 1.807) is 16.0 Å². The number of hydrogen-bond acceptors (Lipinski definition) is 3. The van der Waals surface area contributed by atoms with Crippen LogP contribution in [0.4, 0.5) is 5.69 Å². The molecule has 2 heterocycles. The van der Waals surface area contributed by atoms with Gasteiger partial charge >= 0.3 is 0 Å². The summed E-state index contributed by atoms with van der Waals surface area (Å²) in [4.78, 5) is 18.9. The van der Waals surface area contributed by atoms with Crippen LogP contribution in [0, 0.1) is 13.8 Å². The monoisotopic (exact) mass is 418 g/mol. The number of para-hydroxylation sites is 1. The predicted molar refractivity (Wildman–Crippen MR) is 124 cm³/mol. The molecule has 0 aliphatic carbocycles. The van der Waals surface area contributed by atoms with Crippen LogP contribution in [-0.4, -0.2) is 13.9 Å². The number of hydrogen-bond donors (Lipinski definition) is 0. The number of aryl methyl sites for hydroxylation is 1. The maximum absolute atomic E-state index is 13.2. The summed E-state index contributed by atoms with van der Waals surface area (Å²) in [5.41, 5.74) is 5.61. The lowest BCUT2D eigenvalue weighted by atomic mass is 10.1. The molecule has 0 saturated heterocycles. The fourth-order valence-corrected chi connectivity index (χ4v) is 4.53. The van der Waals surface area contributed by atoms with Crippen molar-refractivity contribution in [2.24, 2.45) is 12.0 Å². The minimum absolute atomic E-state index is 0.102. The van der Waals surface area contributed by atoms with Gasteiger partial charge in [-0.1, -0.05) is 55.0 Å². The molecule has 0 bridgehead atoms. The first-order valence-corrected chi connectivity index (χ1v) is 11.0. The number of nitrogens with zero attached hydrogens (tertiary/aromatic N) is 4. The van der Waals surface area contributed by atoms with Gasteiger partial charge in [-0.3, -0.25) is 9.48 Å². The van der Waals surface area contributed by atoms with E-state index >= 15 is 0 Å². The zero-order valence-electron chi connectivity index (χ0n) is 17.8. The first kappa shape index (κ1) is 20.2. The normalized spacial score (nSPS) is 11.9. The van der Waals surface area contributed by atoms with Crippen molar-refractivity contribution >= 4 is 17.0 Å². The molecule has 0 atom stereocenters. The average Bonchev–Trinajstić information content (AvgIpc) is 3.24. The van der Waals surface area contributed by atoms with E-state index in [9.17, 15) is 4.79 Å². The average molecular weight is 419 g/mol. The van der Waals surface area contributed by atoms with E-state index in [1.807, 2.05) is 49.0 Å². The van der Waals surface area contributed by atoms with Crippen molar-refractivity contribution in [1.29, 1.82) is 0 Å². The predicted octanol–water partition coefficient (Wildman–Crippen LogP) is 4.97. The molecule has 30 heavy (non-hydrogen) atoms. The number of benzene rings is 2. The lowest BCUT2D eigenvalue weighted by Gasteiger charge is -2.08. The van der Waals surface area contributed by atoms with E-state index in [0.717, 1.165) is 34.8 Å². The number of aromatic nitrogens is 3. The Morgan fingerprint density at radius 1 is 1.00 bits per heavy atom. The first-order chi connectivity index (χ1) is 14.5. The van der Waals surface area contributed by atoms with E-state index < -0.39 is 0 Å². The molecule has 0 fully saturated rings. The van der Waals surface area contributed by atoms with Crippen LogP contribution in [0.1, 0.15) is 24.6 Å². The Kier molecular flexibility index (Phi) is 5.59. The van der Waals surface area contributed by atoms with E-state index in [4.69, 9.17) is 4.99 Å². The van der Waals surface area contributed by atoms with Gasteiger partial charge in [0.15, 0.2) is 10.5 Å². The summed E-state index contributed by atoms with van der Waals surface area (Å²) in [5.74, 6) is 0. The third-order valence-corrected chi connectivity index (χ3v) is 6.19. The highest BCUT2D eigenvalue weighted by Gasteiger charge is 2.16. The van der Waals surface area contributed by atoms with Crippen molar-refractivity contribution in [2.45, 2.75) is 33.7 Å². The highest BCUT2D eigenvalue weighted by molar-refractivity contribution is 7.07. The van der Waals surface area contributed by atoms with Gasteiger partial charge in [-0.25, -0.2) is 9.67 Å². The molecule has 5 nitrogen and oxygen atoms in total. The molecule has 154 valence electrons. The third kappa shape index (κ3) is 3.59. The Morgan fingerprint density at radius 3 is 2.37 bits per heavy atom. The van der Waals surface area contributed by atoms with Gasteiger partial charge in [0.1, 0.15) is 0 Å². The molecule has 0 amide bonds. The van der Waals surface area contributed by atoms with Gasteiger partial charge in [-0.2, -0.15) is 0 Å². The van der Waals surface area contributed by atoms with Gasteiger partial charge in [0, 0.05) is 19.0 Å². The highest BCUT2D eigenvalue weighted by Crippen LogP contribution is 2.22. The topological polar surface area (TPSA) is 44.2 Å². The zero-order valence-corrected chi connectivity index (χ0v) is 18.6. The summed E-state index contributed by atoms with van der Waals surface area (Å²) < 4.78 is 5.76. The molecule has 2 aromatic heterocycles. The van der Waals surface area contributed by atoms with Gasteiger partial charge in [0.05, 0.1) is 17.1 Å². The molecule has 0 spiro atoms. The summed E-state index contributed by atoms with van der Waals surface area (Å²) in [5, 5.41) is 2.13. The summed E-state index contributed by atoms with van der Waals surface area (Å²) in [6.45, 7) is 7.04. The van der Waals surface area contributed by atoms with Crippen LogP contribution in [0.15, 0.2) is 69.8 Å². The van der Waals surface area contributed by atoms with E-state index in [2.05, 4.69) is 48.1 Å². The molecule has 0 N–H and O–H groups in total. The second-order valence-electron chi connectivity index (χ2n) is 7.44. The lowest BCUT2D eigenvalue weighted by molar-refractivity contribution is 0.630. The third-order valence-electron chi connectivity index (χ3n) is 5.32. The summed E-state index contributed by atoms with van der Waals surface area (Å²) in [7, 11) is 1.90. The SMILES string of the molecule is CCCn1c(-c2ccc(C)cc2)csc1=Nc1c(C)n(C)n(-c2ccccc2)c1=O. The van der Waals surface area contributed by atoms with Crippen LogP contribution in [0.5, 0.6) is 0 Å². The molecule has 4 aromatic rings. The Morgan fingerprint density at radius 2 is 1.70 bits per heavy atom. The van der Waals surface area contributed by atoms with Crippen LogP contribution in [-0.2, 0) is 13.6 Å². The standard InChI is InChI=1S/C24H26N4OS/c1-5-15-27-21(19-13-11-17(2)12-14-19)16-30-24(27)25-22-18(3)26(4)28(23(22)29)20-9-7-6-8-10-20/h6-14,16H,5,15H2,1-4H3. The molecular weight excluding hydrogens is 392 g/mol. The Bertz CT molecular complexity index is 1290. The molecule has 0 aliphatic rings. The first-order valence-electron chi connectivity index (χ1n) is 10.2. The maximum atomic E-state index is 13.2. The molecular formula is C24H26N4OS. The number of thiazole rings is 1. The largest absolute Gasteiger partial charge is 0.316 e. The van der Waals surface area contributed by atoms with E-state index in [0.29, 0.717) is 5.69 Å². The fourth-order valence-electron chi connectivity index (χ4n) is 3.59. The molecule has 6 heteroatoms. The molecule has 0 aliphatic heterocycles. The van der Waals surface area contributed by atoms with E-state index in [1.165, 1.54) is 11.1 Å². The van der Waals surface area contributed by atoms with Crippen molar-refractivity contribution in [2.75, 3.05) is 0 Å². The van der Waals surface area contributed by atoms with Gasteiger partial charge in [0.25, 0.3) is 5.56 Å². The van der Waals surface area contributed by atoms with Crippen molar-refractivity contribution < 1.29 is 0 Å². The molecule has 4 rings (SSSR count). The summed E-state index contributed by atoms with van der Waals surface area (Å²) >= 11 is 1.58. The van der Waals surface area contributed by atoms with Crippen molar-refractivity contribution in [1.82, 2.24) is 13.9 Å². The fraction of sp³-hybridized carbons (Fsp3) is 0.250. The minimum Gasteiger partial charge on any atom is -0.316 e. The van der Waals surface area contributed by atoms with Crippen LogP contribution in [0.3, 0.4) is 0 Å². The Labute approximate surface area is 180 Å². The minimum atomic E-state index is -0.102. The lowest BCUT2D eigenvalue weighted by Crippen LogP contribution is -2.20. The Hall–Kier alpha value is -3.12. The van der Waals surface area contributed by atoms with Crippen molar-refractivity contribution in [3.63, 3.8) is 0 Å².